The molecule has 0 aliphatic carbocycles. The number of hydrogen-bond acceptors (Lipinski definition) is 4. The van der Waals surface area contributed by atoms with Crippen LogP contribution < -0.4 is 10.7 Å². The van der Waals surface area contributed by atoms with Crippen LogP contribution in [-0.2, 0) is 11.2 Å². The van der Waals surface area contributed by atoms with Gasteiger partial charge in [0.25, 0.3) is 11.8 Å². The summed E-state index contributed by atoms with van der Waals surface area (Å²) in [5.74, 6) is -0.492. The van der Waals surface area contributed by atoms with Gasteiger partial charge in [-0.1, -0.05) is 24.3 Å². The van der Waals surface area contributed by atoms with Crippen LogP contribution in [0.15, 0.2) is 48.0 Å². The van der Waals surface area contributed by atoms with E-state index < -0.39 is 6.04 Å². The van der Waals surface area contributed by atoms with Gasteiger partial charge in [0.05, 0.1) is 4.88 Å². The maximum atomic E-state index is 12.5. The van der Waals surface area contributed by atoms with Gasteiger partial charge in [-0.2, -0.15) is 0 Å². The fourth-order valence-corrected chi connectivity index (χ4v) is 3.29. The molecule has 0 fully saturated rings. The molecule has 0 bridgehead atoms. The Bertz CT molecular complexity index is 870. The predicted molar refractivity (Wildman–Crippen MR) is 99.4 cm³/mol. The van der Waals surface area contributed by atoms with Crippen molar-refractivity contribution in [1.82, 2.24) is 20.7 Å². The molecule has 0 aliphatic rings. The summed E-state index contributed by atoms with van der Waals surface area (Å²) in [6, 6.07) is 10.8. The van der Waals surface area contributed by atoms with E-state index in [0.717, 1.165) is 16.5 Å². The molecule has 25 heavy (non-hydrogen) atoms. The van der Waals surface area contributed by atoms with Crippen molar-refractivity contribution in [3.05, 3.63) is 58.4 Å². The van der Waals surface area contributed by atoms with Crippen molar-refractivity contribution in [2.45, 2.75) is 12.5 Å². The molecule has 0 saturated heterocycles. The molecule has 2 aromatic heterocycles. The lowest BCUT2D eigenvalue weighted by molar-refractivity contribution is -0.126. The number of hydrogen-bond donors (Lipinski definition) is 3. The molecular weight excluding hydrogens is 336 g/mol. The first kappa shape index (κ1) is 17.2. The molecule has 3 N–H and O–H groups in total. The molecule has 0 aliphatic heterocycles. The van der Waals surface area contributed by atoms with Gasteiger partial charge in [-0.25, -0.2) is 5.01 Å². The molecule has 1 atom stereocenters. The summed E-state index contributed by atoms with van der Waals surface area (Å²) in [6.45, 7) is 0. The van der Waals surface area contributed by atoms with Gasteiger partial charge in [-0.15, -0.1) is 11.3 Å². The summed E-state index contributed by atoms with van der Waals surface area (Å²) in [5.41, 5.74) is 4.72. The van der Waals surface area contributed by atoms with Crippen LogP contribution in [0.25, 0.3) is 10.9 Å². The second-order valence-corrected chi connectivity index (χ2v) is 6.89. The van der Waals surface area contributed by atoms with E-state index in [1.165, 1.54) is 11.3 Å². The number of nitrogens with zero attached hydrogens (tertiary/aromatic N) is 1. The van der Waals surface area contributed by atoms with E-state index in [1.54, 1.807) is 25.2 Å². The molecule has 130 valence electrons. The van der Waals surface area contributed by atoms with Crippen LogP contribution in [0.5, 0.6) is 0 Å². The normalized spacial score (nSPS) is 12.3. The van der Waals surface area contributed by atoms with Crippen molar-refractivity contribution in [3.63, 3.8) is 0 Å². The number of amides is 2. The minimum absolute atomic E-state index is 0.242. The highest BCUT2D eigenvalue weighted by Crippen LogP contribution is 2.19. The van der Waals surface area contributed by atoms with Crippen LogP contribution >= 0.6 is 11.3 Å². The minimum atomic E-state index is -0.670. The van der Waals surface area contributed by atoms with E-state index in [9.17, 15) is 9.59 Å². The van der Waals surface area contributed by atoms with E-state index in [-0.39, 0.29) is 11.8 Å². The molecule has 1 aromatic carbocycles. The summed E-state index contributed by atoms with van der Waals surface area (Å²) in [6.07, 6.45) is 2.29. The summed E-state index contributed by atoms with van der Waals surface area (Å²) in [5, 5.41) is 7.31. The zero-order chi connectivity index (χ0) is 17.8. The fourth-order valence-electron chi connectivity index (χ4n) is 2.67. The van der Waals surface area contributed by atoms with E-state index >= 15 is 0 Å². The lowest BCUT2D eigenvalue weighted by Crippen LogP contribution is -2.51. The molecular formula is C18H20N4O2S. The van der Waals surface area contributed by atoms with E-state index in [4.69, 9.17) is 0 Å². The highest BCUT2D eigenvalue weighted by molar-refractivity contribution is 7.12. The Hall–Kier alpha value is -2.64. The number of hydrazine groups is 1. The lowest BCUT2D eigenvalue weighted by Gasteiger charge is -2.20. The standard InChI is InChI=1S/C18H20N4O2S/c1-22(2)21-17(23)15(20-18(24)16-8-5-9-25-16)10-12-11-19-14-7-4-3-6-13(12)14/h3-9,11,15,19H,10H2,1-2H3,(H,20,24)(H,21,23)/t15-/m0/s1. The van der Waals surface area contributed by atoms with Gasteiger partial charge in [-0.05, 0) is 23.1 Å². The smallest absolute Gasteiger partial charge is 0.262 e. The first-order valence-corrected chi connectivity index (χ1v) is 8.79. The number of benzene rings is 1. The molecule has 0 unspecified atom stereocenters. The first-order valence-electron chi connectivity index (χ1n) is 7.92. The second-order valence-electron chi connectivity index (χ2n) is 5.94. The fraction of sp³-hybridized carbons (Fsp3) is 0.222. The quantitative estimate of drug-likeness (QED) is 0.593. The molecule has 3 aromatic rings. The number of aromatic nitrogens is 1. The number of para-hydroxylation sites is 1. The van der Waals surface area contributed by atoms with Crippen molar-refractivity contribution in [2.75, 3.05) is 14.1 Å². The number of H-pyrrole nitrogens is 1. The van der Waals surface area contributed by atoms with Gasteiger partial charge in [0.2, 0.25) is 0 Å². The zero-order valence-electron chi connectivity index (χ0n) is 14.1. The van der Waals surface area contributed by atoms with Crippen molar-refractivity contribution >= 4 is 34.1 Å². The Morgan fingerprint density at radius 3 is 2.72 bits per heavy atom. The molecule has 0 saturated carbocycles. The number of fused-ring (bicyclic) bond motifs is 1. The predicted octanol–water partition coefficient (Wildman–Crippen LogP) is 2.16. The second kappa shape index (κ2) is 7.50. The maximum absolute atomic E-state index is 12.5. The largest absolute Gasteiger partial charge is 0.361 e. The Labute approximate surface area is 149 Å². The average molecular weight is 356 g/mol. The zero-order valence-corrected chi connectivity index (χ0v) is 14.9. The van der Waals surface area contributed by atoms with Crippen LogP contribution in [-0.4, -0.2) is 41.9 Å². The SMILES string of the molecule is CN(C)NC(=O)[C@H](Cc1c[nH]c2ccccc12)NC(=O)c1cccs1. The van der Waals surface area contributed by atoms with Gasteiger partial charge in [0, 0.05) is 37.6 Å². The van der Waals surface area contributed by atoms with Crippen LogP contribution in [0.2, 0.25) is 0 Å². The molecule has 7 heteroatoms. The third-order valence-corrected chi connectivity index (χ3v) is 4.67. The highest BCUT2D eigenvalue weighted by Gasteiger charge is 2.24. The number of aromatic amines is 1. The summed E-state index contributed by atoms with van der Waals surface area (Å²) < 4.78 is 0. The minimum Gasteiger partial charge on any atom is -0.361 e. The average Bonchev–Trinajstić information content (AvgIpc) is 3.23. The third-order valence-electron chi connectivity index (χ3n) is 3.80. The lowest BCUT2D eigenvalue weighted by atomic mass is 10.0. The Morgan fingerprint density at radius 1 is 1.20 bits per heavy atom. The molecule has 3 rings (SSSR count). The van der Waals surface area contributed by atoms with Crippen molar-refractivity contribution < 1.29 is 9.59 Å². The number of thiophene rings is 1. The molecule has 0 spiro atoms. The Balaban J connectivity index is 1.83. The summed E-state index contributed by atoms with van der Waals surface area (Å²) >= 11 is 1.35. The van der Waals surface area contributed by atoms with E-state index in [0.29, 0.717) is 11.3 Å². The van der Waals surface area contributed by atoms with Crippen LogP contribution in [0.3, 0.4) is 0 Å². The molecule has 2 heterocycles. The third kappa shape index (κ3) is 4.07. The Morgan fingerprint density at radius 2 is 2.00 bits per heavy atom. The monoisotopic (exact) mass is 356 g/mol. The Kier molecular flexibility index (Phi) is 5.16. The van der Waals surface area contributed by atoms with Gasteiger partial charge in [-0.3, -0.25) is 15.0 Å². The molecule has 0 radical (unpaired) electrons. The van der Waals surface area contributed by atoms with Crippen molar-refractivity contribution in [2.24, 2.45) is 0 Å². The number of rotatable bonds is 6. The van der Waals surface area contributed by atoms with Crippen LogP contribution in [0, 0.1) is 0 Å². The number of carbonyl (C=O) groups excluding carboxylic acids is 2. The molecule has 6 nitrogen and oxygen atoms in total. The van der Waals surface area contributed by atoms with Gasteiger partial charge >= 0.3 is 0 Å². The van der Waals surface area contributed by atoms with Crippen molar-refractivity contribution in [1.29, 1.82) is 0 Å². The van der Waals surface area contributed by atoms with Gasteiger partial charge in [0.1, 0.15) is 6.04 Å². The summed E-state index contributed by atoms with van der Waals surface area (Å²) in [7, 11) is 3.48. The first-order chi connectivity index (χ1) is 12.0. The van der Waals surface area contributed by atoms with Crippen molar-refractivity contribution in [3.8, 4) is 0 Å². The van der Waals surface area contributed by atoms with Crippen LogP contribution in [0.4, 0.5) is 0 Å². The summed E-state index contributed by atoms with van der Waals surface area (Å²) in [4.78, 5) is 28.7. The van der Waals surface area contributed by atoms with E-state index in [1.807, 2.05) is 41.9 Å². The number of nitrogens with one attached hydrogen (secondary N) is 3. The van der Waals surface area contributed by atoms with Crippen LogP contribution in [0.1, 0.15) is 15.2 Å². The highest BCUT2D eigenvalue weighted by atomic mass is 32.1. The topological polar surface area (TPSA) is 77.2 Å². The van der Waals surface area contributed by atoms with Gasteiger partial charge < -0.3 is 10.3 Å². The maximum Gasteiger partial charge on any atom is 0.262 e. The van der Waals surface area contributed by atoms with E-state index in [2.05, 4.69) is 15.7 Å². The number of carbonyl (C=O) groups is 2. The van der Waals surface area contributed by atoms with Gasteiger partial charge in [0.15, 0.2) is 0 Å². The molecule has 2 amide bonds.